The van der Waals surface area contributed by atoms with Gasteiger partial charge in [-0.05, 0) is 12.0 Å². The number of aryl methyl sites for hydroxylation is 1. The van der Waals surface area contributed by atoms with Crippen molar-refractivity contribution in [3.8, 4) is 0 Å². The Morgan fingerprint density at radius 3 is 2.88 bits per heavy atom. The van der Waals surface area contributed by atoms with Gasteiger partial charge in [0, 0.05) is 24.9 Å². The highest BCUT2D eigenvalue weighted by Gasteiger charge is 2.22. The van der Waals surface area contributed by atoms with Crippen LogP contribution >= 0.6 is 0 Å². The lowest BCUT2D eigenvalue weighted by molar-refractivity contribution is 0.0269. The first-order valence-corrected chi connectivity index (χ1v) is 9.08. The van der Waals surface area contributed by atoms with Crippen molar-refractivity contribution in [2.75, 3.05) is 13.2 Å². The van der Waals surface area contributed by atoms with Crippen molar-refractivity contribution < 1.29 is 9.84 Å². The molecule has 0 bridgehead atoms. The van der Waals surface area contributed by atoms with E-state index in [1.807, 2.05) is 35.0 Å². The molecule has 2 N–H and O–H groups in total. The first-order chi connectivity index (χ1) is 12.1. The van der Waals surface area contributed by atoms with Crippen molar-refractivity contribution >= 4 is 0 Å². The molecule has 0 unspecified atom stereocenters. The lowest BCUT2D eigenvalue weighted by Crippen LogP contribution is -2.42. The Balaban J connectivity index is 1.38. The summed E-state index contributed by atoms with van der Waals surface area (Å²) in [5.41, 5.74) is 1.12. The maximum Gasteiger partial charge on any atom is 0.153 e. The molecule has 1 aromatic heterocycles. The summed E-state index contributed by atoms with van der Waals surface area (Å²) in [4.78, 5) is 4.60. The van der Waals surface area contributed by atoms with Crippen LogP contribution in [0.1, 0.15) is 43.4 Å². The molecule has 3 rings (SSSR count). The topological polar surface area (TPSA) is 72.2 Å². The number of benzene rings is 1. The molecule has 0 aliphatic carbocycles. The summed E-state index contributed by atoms with van der Waals surface area (Å²) >= 11 is 0. The molecule has 2 aromatic rings. The summed E-state index contributed by atoms with van der Waals surface area (Å²) in [6, 6.07) is 10.3. The van der Waals surface area contributed by atoms with Gasteiger partial charge in [0.2, 0.25) is 0 Å². The van der Waals surface area contributed by atoms with E-state index in [0.29, 0.717) is 31.7 Å². The van der Waals surface area contributed by atoms with Crippen LogP contribution < -0.4 is 5.32 Å². The van der Waals surface area contributed by atoms with E-state index in [1.165, 1.54) is 0 Å². The minimum Gasteiger partial charge on any atom is -0.389 e. The molecule has 2 atom stereocenters. The first-order valence-electron chi connectivity index (χ1n) is 9.08. The number of hydrogen-bond donors (Lipinski definition) is 2. The van der Waals surface area contributed by atoms with Crippen LogP contribution in [-0.4, -0.2) is 45.2 Å². The zero-order valence-corrected chi connectivity index (χ0v) is 15.1. The van der Waals surface area contributed by atoms with Gasteiger partial charge in [0.05, 0.1) is 25.9 Å². The second-order valence-electron chi connectivity index (χ2n) is 7.02. The van der Waals surface area contributed by atoms with Gasteiger partial charge >= 0.3 is 0 Å². The molecule has 0 amide bonds. The molecule has 6 heteroatoms. The van der Waals surface area contributed by atoms with Crippen molar-refractivity contribution in [1.82, 2.24) is 20.1 Å². The third kappa shape index (κ3) is 5.11. The van der Waals surface area contributed by atoms with Gasteiger partial charge in [0.15, 0.2) is 5.82 Å². The first kappa shape index (κ1) is 18.0. The second-order valence-corrected chi connectivity index (χ2v) is 7.02. The lowest BCUT2D eigenvalue weighted by Gasteiger charge is -2.24. The SMILES string of the molecule is CC(C)c1nc2n(n1)C[C@@H](NC[C@@H](O)COCc1ccccc1)CC2. The van der Waals surface area contributed by atoms with Crippen LogP contribution in [0.15, 0.2) is 30.3 Å². The van der Waals surface area contributed by atoms with Crippen LogP contribution in [0.3, 0.4) is 0 Å². The van der Waals surface area contributed by atoms with Gasteiger partial charge in [0.1, 0.15) is 5.82 Å². The zero-order chi connectivity index (χ0) is 17.6. The minimum absolute atomic E-state index is 0.318. The molecule has 1 aliphatic rings. The maximum absolute atomic E-state index is 10.1. The largest absolute Gasteiger partial charge is 0.389 e. The summed E-state index contributed by atoms with van der Waals surface area (Å²) < 4.78 is 7.60. The number of nitrogens with one attached hydrogen (secondary N) is 1. The van der Waals surface area contributed by atoms with Crippen LogP contribution in [-0.2, 0) is 24.3 Å². The van der Waals surface area contributed by atoms with E-state index in [1.54, 1.807) is 0 Å². The minimum atomic E-state index is -0.507. The van der Waals surface area contributed by atoms with Gasteiger partial charge in [0.25, 0.3) is 0 Å². The van der Waals surface area contributed by atoms with Crippen molar-refractivity contribution in [2.24, 2.45) is 0 Å². The standard InChI is InChI=1S/C19H28N4O2/c1-14(2)19-21-18-9-8-16(11-23(18)22-19)20-10-17(24)13-25-12-15-6-4-3-5-7-15/h3-7,14,16-17,20,24H,8-13H2,1-2H3/t16-,17+/m0/s1. The quantitative estimate of drug-likeness (QED) is 0.765. The van der Waals surface area contributed by atoms with Gasteiger partial charge in [-0.15, -0.1) is 0 Å². The van der Waals surface area contributed by atoms with E-state index in [2.05, 4.69) is 29.2 Å². The average molecular weight is 344 g/mol. The molecule has 1 aliphatic heterocycles. The van der Waals surface area contributed by atoms with Gasteiger partial charge in [-0.3, -0.25) is 0 Å². The Hall–Kier alpha value is -1.76. The van der Waals surface area contributed by atoms with E-state index in [-0.39, 0.29) is 0 Å². The van der Waals surface area contributed by atoms with Crippen LogP contribution in [0, 0.1) is 0 Å². The Labute approximate surface area is 149 Å². The predicted octanol–water partition coefficient (Wildman–Crippen LogP) is 1.88. The second kappa shape index (κ2) is 8.56. The zero-order valence-electron chi connectivity index (χ0n) is 15.1. The number of nitrogens with zero attached hydrogens (tertiary/aromatic N) is 3. The number of aromatic nitrogens is 3. The number of ether oxygens (including phenoxy) is 1. The third-order valence-corrected chi connectivity index (χ3v) is 4.45. The summed E-state index contributed by atoms with van der Waals surface area (Å²) in [5.74, 6) is 2.35. The van der Waals surface area contributed by atoms with E-state index in [9.17, 15) is 5.11 Å². The smallest absolute Gasteiger partial charge is 0.153 e. The van der Waals surface area contributed by atoms with Gasteiger partial charge < -0.3 is 15.2 Å². The number of rotatable bonds is 8. The molecule has 0 saturated carbocycles. The Bertz CT molecular complexity index is 657. The van der Waals surface area contributed by atoms with Gasteiger partial charge in [-0.25, -0.2) is 9.67 Å². The maximum atomic E-state index is 10.1. The molecule has 6 nitrogen and oxygen atoms in total. The highest BCUT2D eigenvalue weighted by atomic mass is 16.5. The Morgan fingerprint density at radius 1 is 1.32 bits per heavy atom. The fourth-order valence-corrected chi connectivity index (χ4v) is 2.99. The molecule has 1 aromatic carbocycles. The summed E-state index contributed by atoms with van der Waals surface area (Å²) in [6.45, 7) is 6.43. The molecule has 25 heavy (non-hydrogen) atoms. The lowest BCUT2D eigenvalue weighted by atomic mass is 10.1. The molecular weight excluding hydrogens is 316 g/mol. The molecule has 0 spiro atoms. The Kier molecular flexibility index (Phi) is 6.18. The van der Waals surface area contributed by atoms with E-state index in [0.717, 1.165) is 36.6 Å². The molecule has 2 heterocycles. The molecular formula is C19H28N4O2. The number of aliphatic hydroxyl groups is 1. The summed E-state index contributed by atoms with van der Waals surface area (Å²) in [5, 5.41) is 18.1. The predicted molar refractivity (Wildman–Crippen MR) is 96.3 cm³/mol. The summed E-state index contributed by atoms with van der Waals surface area (Å²) in [6.07, 6.45) is 1.44. The Morgan fingerprint density at radius 2 is 2.12 bits per heavy atom. The molecule has 0 radical (unpaired) electrons. The van der Waals surface area contributed by atoms with Crippen LogP contribution in [0.5, 0.6) is 0 Å². The fourth-order valence-electron chi connectivity index (χ4n) is 2.99. The highest BCUT2D eigenvalue weighted by molar-refractivity contribution is 5.13. The average Bonchev–Trinajstić information content (AvgIpc) is 3.04. The van der Waals surface area contributed by atoms with Gasteiger partial charge in [-0.1, -0.05) is 44.2 Å². The van der Waals surface area contributed by atoms with Crippen LogP contribution in [0.4, 0.5) is 0 Å². The van der Waals surface area contributed by atoms with E-state index < -0.39 is 6.10 Å². The number of hydrogen-bond acceptors (Lipinski definition) is 5. The molecule has 0 saturated heterocycles. The van der Waals surface area contributed by atoms with Crippen molar-refractivity contribution in [3.05, 3.63) is 47.5 Å². The normalized spacial score (nSPS) is 18.3. The fraction of sp³-hybridized carbons (Fsp3) is 0.579. The number of aliphatic hydroxyl groups excluding tert-OH is 1. The van der Waals surface area contributed by atoms with Crippen LogP contribution in [0.2, 0.25) is 0 Å². The molecule has 0 fully saturated rings. The molecule has 136 valence electrons. The highest BCUT2D eigenvalue weighted by Crippen LogP contribution is 2.16. The van der Waals surface area contributed by atoms with E-state index >= 15 is 0 Å². The van der Waals surface area contributed by atoms with Crippen molar-refractivity contribution in [2.45, 2.75) is 57.9 Å². The van der Waals surface area contributed by atoms with Crippen molar-refractivity contribution in [3.63, 3.8) is 0 Å². The monoisotopic (exact) mass is 344 g/mol. The third-order valence-electron chi connectivity index (χ3n) is 4.45. The number of fused-ring (bicyclic) bond motifs is 1. The van der Waals surface area contributed by atoms with Gasteiger partial charge in [-0.2, -0.15) is 5.10 Å². The van der Waals surface area contributed by atoms with Crippen molar-refractivity contribution in [1.29, 1.82) is 0 Å². The summed E-state index contributed by atoms with van der Waals surface area (Å²) in [7, 11) is 0. The van der Waals surface area contributed by atoms with E-state index in [4.69, 9.17) is 4.74 Å². The van der Waals surface area contributed by atoms with Crippen LogP contribution in [0.25, 0.3) is 0 Å².